The van der Waals surface area contributed by atoms with Crippen LogP contribution in [-0.4, -0.2) is 25.0 Å². The van der Waals surface area contributed by atoms with Crippen molar-refractivity contribution < 1.29 is 23.9 Å². The third-order valence-corrected chi connectivity index (χ3v) is 5.45. The number of benzene rings is 3. The Labute approximate surface area is 198 Å². The van der Waals surface area contributed by atoms with Gasteiger partial charge >= 0.3 is 6.03 Å². The molecule has 4 amide bonds. The summed E-state index contributed by atoms with van der Waals surface area (Å²) in [5.74, 6) is -0.506. The van der Waals surface area contributed by atoms with E-state index in [0.717, 1.165) is 14.9 Å². The molecule has 1 saturated heterocycles. The molecule has 1 heterocycles. The predicted octanol–water partition coefficient (Wildman–Crippen LogP) is 4.70. The summed E-state index contributed by atoms with van der Waals surface area (Å²) < 4.78 is 12.1. The number of amides is 4. The Balaban J connectivity index is 1.63. The fourth-order valence-electron chi connectivity index (χ4n) is 3.28. The highest BCUT2D eigenvalue weighted by Gasteiger charge is 2.36. The Morgan fingerprint density at radius 2 is 1.67 bits per heavy atom. The minimum atomic E-state index is -0.800. The summed E-state index contributed by atoms with van der Waals surface area (Å²) in [6.07, 6.45) is 1.42. The van der Waals surface area contributed by atoms with Gasteiger partial charge in [-0.2, -0.15) is 0 Å². The summed E-state index contributed by atoms with van der Waals surface area (Å²) >= 11 is 3.32. The second-order valence-corrected chi connectivity index (χ2v) is 8.03. The summed E-state index contributed by atoms with van der Waals surface area (Å²) in [5.41, 5.74) is 1.70. The number of barbiturate groups is 1. The van der Waals surface area contributed by atoms with Gasteiger partial charge in [0.05, 0.1) is 12.8 Å². The van der Waals surface area contributed by atoms with Crippen molar-refractivity contribution in [3.8, 4) is 11.5 Å². The van der Waals surface area contributed by atoms with Crippen molar-refractivity contribution in [2.75, 3.05) is 12.0 Å². The van der Waals surface area contributed by atoms with Gasteiger partial charge in [-0.3, -0.25) is 14.9 Å². The molecule has 1 aliphatic rings. The monoisotopic (exact) mass is 506 g/mol. The molecule has 33 heavy (non-hydrogen) atoms. The number of urea groups is 1. The summed E-state index contributed by atoms with van der Waals surface area (Å²) in [6.45, 7) is 0.322. The molecule has 7 nitrogen and oxygen atoms in total. The summed E-state index contributed by atoms with van der Waals surface area (Å²) in [4.78, 5) is 38.8. The first kappa shape index (κ1) is 22.3. The van der Waals surface area contributed by atoms with Gasteiger partial charge in [-0.05, 0) is 53.6 Å². The molecule has 0 atom stereocenters. The van der Waals surface area contributed by atoms with E-state index in [4.69, 9.17) is 9.47 Å². The van der Waals surface area contributed by atoms with Crippen LogP contribution >= 0.6 is 15.9 Å². The maximum Gasteiger partial charge on any atom is 0.335 e. The molecule has 1 N–H and O–H groups in total. The third-order valence-electron chi connectivity index (χ3n) is 4.92. The number of rotatable bonds is 6. The van der Waals surface area contributed by atoms with Crippen molar-refractivity contribution in [3.63, 3.8) is 0 Å². The van der Waals surface area contributed by atoms with Crippen LogP contribution in [-0.2, 0) is 16.2 Å². The van der Waals surface area contributed by atoms with Crippen molar-refractivity contribution in [1.82, 2.24) is 5.32 Å². The number of carbonyl (C=O) groups excluding carboxylic acids is 3. The highest BCUT2D eigenvalue weighted by Crippen LogP contribution is 2.30. The molecular weight excluding hydrogens is 488 g/mol. The van der Waals surface area contributed by atoms with E-state index in [2.05, 4.69) is 21.2 Å². The number of nitrogens with one attached hydrogen (secondary N) is 1. The van der Waals surface area contributed by atoms with Crippen molar-refractivity contribution >= 4 is 45.5 Å². The van der Waals surface area contributed by atoms with Crippen LogP contribution in [0.1, 0.15) is 11.1 Å². The summed E-state index contributed by atoms with van der Waals surface area (Å²) in [6, 6.07) is 20.5. The third kappa shape index (κ3) is 4.96. The molecule has 0 saturated carbocycles. The summed E-state index contributed by atoms with van der Waals surface area (Å²) in [7, 11) is 1.53. The van der Waals surface area contributed by atoms with Crippen LogP contribution in [0.5, 0.6) is 11.5 Å². The zero-order chi connectivity index (χ0) is 23.4. The van der Waals surface area contributed by atoms with Crippen LogP contribution in [0.4, 0.5) is 10.5 Å². The fourth-order valence-corrected chi connectivity index (χ4v) is 3.54. The fraction of sp³-hybridized carbons (Fsp3) is 0.0800. The van der Waals surface area contributed by atoms with E-state index in [9.17, 15) is 14.4 Å². The normalized spacial score (nSPS) is 14.9. The highest BCUT2D eigenvalue weighted by molar-refractivity contribution is 9.10. The first-order valence-corrected chi connectivity index (χ1v) is 10.8. The lowest BCUT2D eigenvalue weighted by molar-refractivity contribution is -0.122. The lowest BCUT2D eigenvalue weighted by Crippen LogP contribution is -2.54. The molecule has 166 valence electrons. The minimum Gasteiger partial charge on any atom is -0.493 e. The average Bonchev–Trinajstić information content (AvgIpc) is 2.82. The van der Waals surface area contributed by atoms with E-state index in [1.807, 2.05) is 30.3 Å². The number of hydrogen-bond acceptors (Lipinski definition) is 5. The zero-order valence-corrected chi connectivity index (χ0v) is 19.2. The Kier molecular flexibility index (Phi) is 6.55. The second kappa shape index (κ2) is 9.70. The Bertz CT molecular complexity index is 1240. The number of nitrogens with zero attached hydrogens (tertiary/aromatic N) is 1. The van der Waals surface area contributed by atoms with Gasteiger partial charge < -0.3 is 9.47 Å². The van der Waals surface area contributed by atoms with Crippen molar-refractivity contribution in [2.45, 2.75) is 6.61 Å². The topological polar surface area (TPSA) is 84.9 Å². The maximum absolute atomic E-state index is 13.1. The van der Waals surface area contributed by atoms with E-state index >= 15 is 0 Å². The SMILES string of the molecule is COc1ccc(/C=C2\C(=O)NC(=O)N(c3ccc(Br)cc3)C2=O)cc1OCc1ccccc1. The molecule has 0 aliphatic carbocycles. The molecule has 0 bridgehead atoms. The van der Waals surface area contributed by atoms with Crippen LogP contribution in [0.25, 0.3) is 6.08 Å². The van der Waals surface area contributed by atoms with Gasteiger partial charge in [0.25, 0.3) is 11.8 Å². The molecule has 4 rings (SSSR count). The Hall–Kier alpha value is -3.91. The molecule has 3 aromatic rings. The van der Waals surface area contributed by atoms with Crippen LogP contribution in [0.15, 0.2) is 82.8 Å². The number of halogens is 1. The molecule has 0 spiro atoms. The lowest BCUT2D eigenvalue weighted by atomic mass is 10.1. The van der Waals surface area contributed by atoms with Gasteiger partial charge in [0.1, 0.15) is 12.2 Å². The minimum absolute atomic E-state index is 0.170. The molecule has 0 unspecified atom stereocenters. The lowest BCUT2D eigenvalue weighted by Gasteiger charge is -2.26. The van der Waals surface area contributed by atoms with Crippen LogP contribution in [0.2, 0.25) is 0 Å². The maximum atomic E-state index is 13.1. The van der Waals surface area contributed by atoms with E-state index in [-0.39, 0.29) is 5.57 Å². The van der Waals surface area contributed by atoms with E-state index < -0.39 is 17.8 Å². The highest BCUT2D eigenvalue weighted by atomic mass is 79.9. The number of anilines is 1. The smallest absolute Gasteiger partial charge is 0.335 e. The Morgan fingerprint density at radius 3 is 2.36 bits per heavy atom. The van der Waals surface area contributed by atoms with Crippen molar-refractivity contribution in [2.24, 2.45) is 0 Å². The molecule has 0 radical (unpaired) electrons. The van der Waals surface area contributed by atoms with Gasteiger partial charge in [-0.15, -0.1) is 0 Å². The van der Waals surface area contributed by atoms with Crippen LogP contribution < -0.4 is 19.7 Å². The van der Waals surface area contributed by atoms with Gasteiger partial charge in [0, 0.05) is 4.47 Å². The largest absolute Gasteiger partial charge is 0.493 e. The van der Waals surface area contributed by atoms with Crippen molar-refractivity contribution in [3.05, 3.63) is 94.0 Å². The quantitative estimate of drug-likeness (QED) is 0.386. The average molecular weight is 507 g/mol. The summed E-state index contributed by atoms with van der Waals surface area (Å²) in [5, 5.41) is 2.22. The number of ether oxygens (including phenoxy) is 2. The molecule has 1 fully saturated rings. The van der Waals surface area contributed by atoms with Gasteiger partial charge in [0.2, 0.25) is 0 Å². The van der Waals surface area contributed by atoms with E-state index in [1.54, 1.807) is 42.5 Å². The van der Waals surface area contributed by atoms with Crippen molar-refractivity contribution in [1.29, 1.82) is 0 Å². The number of imide groups is 2. The molecule has 0 aromatic heterocycles. The second-order valence-electron chi connectivity index (χ2n) is 7.12. The zero-order valence-electron chi connectivity index (χ0n) is 17.6. The van der Waals surface area contributed by atoms with E-state index in [1.165, 1.54) is 13.2 Å². The first-order valence-electron chi connectivity index (χ1n) is 9.98. The van der Waals surface area contributed by atoms with Crippen LogP contribution in [0, 0.1) is 0 Å². The van der Waals surface area contributed by atoms with E-state index in [0.29, 0.717) is 29.4 Å². The number of hydrogen-bond donors (Lipinski definition) is 1. The van der Waals surface area contributed by atoms with Crippen LogP contribution in [0.3, 0.4) is 0 Å². The standard InChI is InChI=1S/C25H19BrN2O5/c1-32-21-12-7-17(14-22(21)33-15-16-5-3-2-4-6-16)13-20-23(29)27-25(31)28(24(20)30)19-10-8-18(26)9-11-19/h2-14H,15H2,1H3,(H,27,29,31)/b20-13+. The predicted molar refractivity (Wildman–Crippen MR) is 127 cm³/mol. The van der Waals surface area contributed by atoms with Gasteiger partial charge in [-0.25, -0.2) is 9.69 Å². The molecule has 1 aliphatic heterocycles. The molecule has 3 aromatic carbocycles. The van der Waals surface area contributed by atoms with Gasteiger partial charge in [-0.1, -0.05) is 52.3 Å². The number of methoxy groups -OCH3 is 1. The molecule has 8 heteroatoms. The Morgan fingerprint density at radius 1 is 0.939 bits per heavy atom. The number of carbonyl (C=O) groups is 3. The van der Waals surface area contributed by atoms with Gasteiger partial charge in [0.15, 0.2) is 11.5 Å². The molecular formula is C25H19BrN2O5. The first-order chi connectivity index (χ1) is 16.0.